The van der Waals surface area contributed by atoms with Crippen molar-refractivity contribution >= 4 is 46.7 Å². The number of pyridine rings is 1. The molecule has 4 aromatic rings. The van der Waals surface area contributed by atoms with Gasteiger partial charge in [-0.1, -0.05) is 34.8 Å². The number of nitrogens with zero attached hydrogens (tertiary/aromatic N) is 3. The minimum Gasteiger partial charge on any atom is -0.355 e. The van der Waals surface area contributed by atoms with E-state index in [-0.39, 0.29) is 5.91 Å². The number of carbonyl (C=O) groups excluding carboxylic acids is 2. The van der Waals surface area contributed by atoms with Gasteiger partial charge in [0.05, 0.1) is 22.4 Å². The number of hydrogen-bond acceptors (Lipinski definition) is 6. The van der Waals surface area contributed by atoms with Gasteiger partial charge in [-0.15, -0.1) is 5.10 Å². The summed E-state index contributed by atoms with van der Waals surface area (Å²) in [6.07, 6.45) is 5.47. The topological polar surface area (TPSA) is 86.1 Å². The van der Waals surface area contributed by atoms with Gasteiger partial charge in [-0.25, -0.2) is 4.79 Å². The summed E-state index contributed by atoms with van der Waals surface area (Å²) in [5.74, 6) is -0.546. The number of hydrogen-bond donors (Lipinski definition) is 1. The van der Waals surface area contributed by atoms with Crippen LogP contribution in [-0.2, 0) is 4.79 Å². The molecule has 0 saturated heterocycles. The van der Waals surface area contributed by atoms with E-state index in [9.17, 15) is 9.59 Å². The molecular weight excluding hydrogens is 472 g/mol. The third kappa shape index (κ3) is 5.49. The zero-order chi connectivity index (χ0) is 25.9. The molecular formula is C28H28N4O3S. The summed E-state index contributed by atoms with van der Waals surface area (Å²) in [5.41, 5.74) is 2.98. The molecule has 0 unspecified atom stereocenters. The average Bonchev–Trinajstić information content (AvgIpc) is 3.20. The molecule has 0 radical (unpaired) electrons. The van der Waals surface area contributed by atoms with E-state index in [1.807, 2.05) is 67.6 Å². The van der Waals surface area contributed by atoms with E-state index in [4.69, 9.17) is 4.84 Å². The normalized spacial score (nSPS) is 11.7. The summed E-state index contributed by atoms with van der Waals surface area (Å²) in [7, 11) is 1.61. The maximum Gasteiger partial charge on any atom is 0.340 e. The van der Waals surface area contributed by atoms with Gasteiger partial charge in [-0.3, -0.25) is 9.78 Å². The lowest BCUT2D eigenvalue weighted by Crippen LogP contribution is -2.31. The molecule has 0 aliphatic carbocycles. The van der Waals surface area contributed by atoms with E-state index in [0.717, 1.165) is 26.4 Å². The summed E-state index contributed by atoms with van der Waals surface area (Å²) in [5, 5.41) is 8.17. The summed E-state index contributed by atoms with van der Waals surface area (Å²) in [6, 6.07) is 17.1. The maximum absolute atomic E-state index is 12.7. The number of carbonyl (C=O) groups is 2. The Labute approximate surface area is 214 Å². The van der Waals surface area contributed by atoms with Crippen LogP contribution in [0.1, 0.15) is 48.1 Å². The van der Waals surface area contributed by atoms with Crippen molar-refractivity contribution in [2.75, 3.05) is 7.05 Å². The molecule has 2 heterocycles. The van der Waals surface area contributed by atoms with Gasteiger partial charge < -0.3 is 10.2 Å². The Morgan fingerprint density at radius 2 is 1.81 bits per heavy atom. The number of aryl methyl sites for hydroxylation is 1. The fourth-order valence-electron chi connectivity index (χ4n) is 3.53. The van der Waals surface area contributed by atoms with Gasteiger partial charge in [0, 0.05) is 28.4 Å². The fourth-order valence-corrected chi connectivity index (χ4v) is 4.60. The number of nitrogens with one attached hydrogen (secondary N) is 1. The summed E-state index contributed by atoms with van der Waals surface area (Å²) in [6.45, 7) is 7.38. The molecule has 0 spiro atoms. The monoisotopic (exact) mass is 500 g/mol. The molecule has 2 aromatic heterocycles. The van der Waals surface area contributed by atoms with Crippen LogP contribution in [0, 0.1) is 12.3 Å². The highest BCUT2D eigenvalue weighted by atomic mass is 32.2. The molecule has 1 N–H and O–H groups in total. The highest BCUT2D eigenvalue weighted by Crippen LogP contribution is 2.35. The summed E-state index contributed by atoms with van der Waals surface area (Å²) >= 11 is 1.47. The van der Waals surface area contributed by atoms with Gasteiger partial charge >= 0.3 is 5.97 Å². The summed E-state index contributed by atoms with van der Waals surface area (Å²) in [4.78, 5) is 38.1. The Hall–Kier alpha value is -3.91. The van der Waals surface area contributed by atoms with Crippen molar-refractivity contribution < 1.29 is 14.4 Å². The molecule has 0 aliphatic heterocycles. The van der Waals surface area contributed by atoms with Crippen LogP contribution in [-0.4, -0.2) is 33.9 Å². The molecule has 0 aliphatic rings. The molecule has 8 heteroatoms. The standard InChI is InChI=1S/C28H28N4O3S/c1-18-16-20(36-24-12-7-6-11-21(24)26(33)29-5)17-23-25(18)22(14-13-19-10-8-9-15-30-19)31-32(23)35-27(34)28(2,3)4/h6-17H,1-5H3,(H,29,33)/b14-13+. The summed E-state index contributed by atoms with van der Waals surface area (Å²) < 4.78 is 0. The Kier molecular flexibility index (Phi) is 7.26. The van der Waals surface area contributed by atoms with Crippen molar-refractivity contribution in [2.24, 2.45) is 5.41 Å². The molecule has 7 nitrogen and oxygen atoms in total. The van der Waals surface area contributed by atoms with Crippen LogP contribution < -0.4 is 10.2 Å². The predicted octanol–water partition coefficient (Wildman–Crippen LogP) is 5.42. The average molecular weight is 501 g/mol. The lowest BCUT2D eigenvalue weighted by Gasteiger charge is -2.16. The SMILES string of the molecule is CNC(=O)c1ccccc1Sc1cc(C)c2c(/C=C/c3ccccn3)nn(OC(=O)C(C)(C)C)c2c1. The van der Waals surface area contributed by atoms with E-state index < -0.39 is 11.4 Å². The van der Waals surface area contributed by atoms with E-state index >= 15 is 0 Å². The van der Waals surface area contributed by atoms with Crippen molar-refractivity contribution in [1.82, 2.24) is 20.2 Å². The number of aromatic nitrogens is 3. The van der Waals surface area contributed by atoms with E-state index in [2.05, 4.69) is 15.4 Å². The van der Waals surface area contributed by atoms with Gasteiger partial charge in [0.2, 0.25) is 0 Å². The number of fused-ring (bicyclic) bond motifs is 1. The minimum atomic E-state index is -0.698. The van der Waals surface area contributed by atoms with Gasteiger partial charge in [-0.2, -0.15) is 0 Å². The van der Waals surface area contributed by atoms with Crippen LogP contribution in [0.25, 0.3) is 23.1 Å². The zero-order valence-electron chi connectivity index (χ0n) is 20.9. The van der Waals surface area contributed by atoms with Gasteiger partial charge in [-0.05, 0) is 81.8 Å². The molecule has 1 amide bonds. The van der Waals surface area contributed by atoms with Crippen LogP contribution in [0.15, 0.2) is 70.6 Å². The molecule has 0 atom stereocenters. The quantitative estimate of drug-likeness (QED) is 0.380. The molecule has 0 bridgehead atoms. The van der Waals surface area contributed by atoms with Crippen LogP contribution >= 0.6 is 11.8 Å². The fraction of sp³-hybridized carbons (Fsp3) is 0.214. The van der Waals surface area contributed by atoms with E-state index in [1.54, 1.807) is 40.1 Å². The Balaban J connectivity index is 1.81. The number of benzene rings is 2. The number of amides is 1. The molecule has 0 saturated carbocycles. The first-order valence-corrected chi connectivity index (χ1v) is 12.3. The lowest BCUT2D eigenvalue weighted by molar-refractivity contribution is -0.154. The van der Waals surface area contributed by atoms with E-state index in [1.165, 1.54) is 16.6 Å². The number of rotatable bonds is 6. The first-order chi connectivity index (χ1) is 17.2. The molecule has 0 fully saturated rings. The van der Waals surface area contributed by atoms with Crippen LogP contribution in [0.5, 0.6) is 0 Å². The van der Waals surface area contributed by atoms with Crippen molar-refractivity contribution in [3.8, 4) is 0 Å². The van der Waals surface area contributed by atoms with Gasteiger partial charge in [0.25, 0.3) is 5.91 Å². The molecule has 184 valence electrons. The van der Waals surface area contributed by atoms with E-state index in [0.29, 0.717) is 16.8 Å². The second-order valence-electron chi connectivity index (χ2n) is 9.29. The van der Waals surface area contributed by atoms with Gasteiger partial charge in [0.1, 0.15) is 5.52 Å². The van der Waals surface area contributed by atoms with Crippen LogP contribution in [0.3, 0.4) is 0 Å². The third-order valence-electron chi connectivity index (χ3n) is 5.42. The largest absolute Gasteiger partial charge is 0.355 e. The van der Waals surface area contributed by atoms with Crippen molar-refractivity contribution in [2.45, 2.75) is 37.5 Å². The first-order valence-electron chi connectivity index (χ1n) is 11.5. The van der Waals surface area contributed by atoms with Gasteiger partial charge in [0.15, 0.2) is 0 Å². The predicted molar refractivity (Wildman–Crippen MR) is 143 cm³/mol. The Morgan fingerprint density at radius 3 is 2.50 bits per heavy atom. The second-order valence-corrected chi connectivity index (χ2v) is 10.4. The Bertz CT molecular complexity index is 1450. The van der Waals surface area contributed by atoms with Crippen molar-refractivity contribution in [3.05, 3.63) is 83.3 Å². The van der Waals surface area contributed by atoms with Crippen LogP contribution in [0.2, 0.25) is 0 Å². The smallest absolute Gasteiger partial charge is 0.340 e. The maximum atomic E-state index is 12.7. The molecule has 4 rings (SSSR count). The van der Waals surface area contributed by atoms with Crippen molar-refractivity contribution in [1.29, 1.82) is 0 Å². The highest BCUT2D eigenvalue weighted by molar-refractivity contribution is 7.99. The minimum absolute atomic E-state index is 0.151. The third-order valence-corrected chi connectivity index (χ3v) is 6.46. The van der Waals surface area contributed by atoms with Crippen molar-refractivity contribution in [3.63, 3.8) is 0 Å². The second kappa shape index (κ2) is 10.4. The highest BCUT2D eigenvalue weighted by Gasteiger charge is 2.26. The van der Waals surface area contributed by atoms with Crippen LogP contribution in [0.4, 0.5) is 0 Å². The first kappa shape index (κ1) is 25.2. The Morgan fingerprint density at radius 1 is 1.06 bits per heavy atom. The molecule has 2 aromatic carbocycles. The molecule has 36 heavy (non-hydrogen) atoms. The zero-order valence-corrected chi connectivity index (χ0v) is 21.7. The lowest BCUT2D eigenvalue weighted by atomic mass is 9.98.